The van der Waals surface area contributed by atoms with Gasteiger partial charge in [-0.2, -0.15) is 11.8 Å². The van der Waals surface area contributed by atoms with Crippen LogP contribution in [-0.4, -0.2) is 41.3 Å². The molecule has 3 heteroatoms. The Morgan fingerprint density at radius 3 is 2.87 bits per heavy atom. The second kappa shape index (κ2) is 4.88. The van der Waals surface area contributed by atoms with E-state index in [0.717, 1.165) is 19.3 Å². The Bertz CT molecular complexity index is 238. The summed E-state index contributed by atoms with van der Waals surface area (Å²) in [5.74, 6) is 3.71. The molecule has 0 aromatic heterocycles. The molecule has 2 aliphatic rings. The van der Waals surface area contributed by atoms with Crippen molar-refractivity contribution in [3.63, 3.8) is 0 Å². The minimum atomic E-state index is 0.468. The Kier molecular flexibility index (Phi) is 3.73. The fourth-order valence-electron chi connectivity index (χ4n) is 2.78. The van der Waals surface area contributed by atoms with Gasteiger partial charge in [-0.3, -0.25) is 9.69 Å². The highest BCUT2D eigenvalue weighted by Gasteiger charge is 2.33. The van der Waals surface area contributed by atoms with Crippen molar-refractivity contribution < 1.29 is 4.79 Å². The van der Waals surface area contributed by atoms with Crippen LogP contribution in [0.5, 0.6) is 0 Å². The van der Waals surface area contributed by atoms with E-state index in [-0.39, 0.29) is 0 Å². The number of carbonyl (C=O) groups excluding carboxylic acids is 1. The fourth-order valence-corrected chi connectivity index (χ4v) is 4.06. The highest BCUT2D eigenvalue weighted by atomic mass is 32.2. The van der Waals surface area contributed by atoms with Crippen molar-refractivity contribution in [3.05, 3.63) is 0 Å². The molecule has 0 aromatic carbocycles. The molecule has 1 aliphatic heterocycles. The van der Waals surface area contributed by atoms with Gasteiger partial charge >= 0.3 is 0 Å². The summed E-state index contributed by atoms with van der Waals surface area (Å²) in [5, 5.41) is 0. The van der Waals surface area contributed by atoms with E-state index >= 15 is 0 Å². The maximum atomic E-state index is 11.5. The van der Waals surface area contributed by atoms with E-state index in [1.807, 2.05) is 11.8 Å². The largest absolute Gasteiger partial charge is 0.300 e. The Morgan fingerprint density at radius 2 is 2.20 bits per heavy atom. The van der Waals surface area contributed by atoms with Gasteiger partial charge in [0.2, 0.25) is 0 Å². The number of hydrogen-bond acceptors (Lipinski definition) is 3. The summed E-state index contributed by atoms with van der Waals surface area (Å²) in [6.45, 7) is 2.30. The van der Waals surface area contributed by atoms with Gasteiger partial charge < -0.3 is 0 Å². The second-order valence-corrected chi connectivity index (χ2v) is 6.16. The highest BCUT2D eigenvalue weighted by Crippen LogP contribution is 2.30. The number of nitrogens with zero attached hydrogens (tertiary/aromatic N) is 1. The van der Waals surface area contributed by atoms with Crippen LogP contribution < -0.4 is 0 Å². The monoisotopic (exact) mass is 227 g/mol. The topological polar surface area (TPSA) is 20.3 Å². The number of thioether (sulfide) groups is 1. The van der Waals surface area contributed by atoms with Crippen LogP contribution >= 0.6 is 11.8 Å². The summed E-state index contributed by atoms with van der Waals surface area (Å²) < 4.78 is 0. The molecule has 0 bridgehead atoms. The quantitative estimate of drug-likeness (QED) is 0.721. The third-order valence-electron chi connectivity index (χ3n) is 3.98. The molecule has 2 fully saturated rings. The normalized spacial score (nSPS) is 37.5. The first-order valence-corrected chi connectivity index (χ1v) is 7.15. The van der Waals surface area contributed by atoms with Gasteiger partial charge in [-0.15, -0.1) is 0 Å². The summed E-state index contributed by atoms with van der Waals surface area (Å²) in [6, 6.07) is 1.23. The first-order chi connectivity index (χ1) is 7.18. The lowest BCUT2D eigenvalue weighted by molar-refractivity contribution is -0.123. The van der Waals surface area contributed by atoms with Gasteiger partial charge in [0, 0.05) is 30.7 Å². The minimum Gasteiger partial charge on any atom is -0.300 e. The van der Waals surface area contributed by atoms with Crippen LogP contribution in [-0.2, 0) is 4.79 Å². The number of ketones is 1. The molecule has 0 spiro atoms. The molecular formula is C12H21NOS. The van der Waals surface area contributed by atoms with Crippen LogP contribution in [0.15, 0.2) is 0 Å². The van der Waals surface area contributed by atoms with E-state index in [4.69, 9.17) is 0 Å². The van der Waals surface area contributed by atoms with Gasteiger partial charge in [0.15, 0.2) is 0 Å². The van der Waals surface area contributed by atoms with Gasteiger partial charge in [0.25, 0.3) is 0 Å². The van der Waals surface area contributed by atoms with Crippen molar-refractivity contribution in [2.75, 3.05) is 18.6 Å². The third kappa shape index (κ3) is 2.56. The summed E-state index contributed by atoms with van der Waals surface area (Å²) in [7, 11) is 2.22. The molecular weight excluding hydrogens is 206 g/mol. The molecule has 0 N–H and O–H groups in total. The zero-order valence-electron chi connectivity index (χ0n) is 9.74. The van der Waals surface area contributed by atoms with Crippen LogP contribution in [0.3, 0.4) is 0 Å². The molecule has 1 heterocycles. The zero-order chi connectivity index (χ0) is 10.8. The van der Waals surface area contributed by atoms with Gasteiger partial charge in [0.05, 0.1) is 0 Å². The summed E-state index contributed by atoms with van der Waals surface area (Å²) in [4.78, 5) is 14.0. The van der Waals surface area contributed by atoms with E-state index in [1.54, 1.807) is 0 Å². The average Bonchev–Trinajstić information content (AvgIpc) is 2.74. The molecule has 1 aliphatic carbocycles. The van der Waals surface area contributed by atoms with Crippen molar-refractivity contribution in [1.82, 2.24) is 4.90 Å². The van der Waals surface area contributed by atoms with E-state index in [1.165, 1.54) is 17.9 Å². The van der Waals surface area contributed by atoms with Crippen molar-refractivity contribution in [2.45, 2.75) is 44.7 Å². The molecule has 2 nitrogen and oxygen atoms in total. The van der Waals surface area contributed by atoms with Gasteiger partial charge in [-0.25, -0.2) is 0 Å². The molecule has 0 radical (unpaired) electrons. The SMILES string of the molecule is CC1CCC(=O)CC1N(C)C1CCSC1. The molecule has 1 saturated carbocycles. The lowest BCUT2D eigenvalue weighted by atomic mass is 9.83. The van der Waals surface area contributed by atoms with Crippen molar-refractivity contribution in [1.29, 1.82) is 0 Å². The standard InChI is InChI=1S/C12H21NOS/c1-9-3-4-11(14)7-12(9)13(2)10-5-6-15-8-10/h9-10,12H,3-8H2,1-2H3. The van der Waals surface area contributed by atoms with Crippen LogP contribution in [0.2, 0.25) is 0 Å². The predicted molar refractivity (Wildman–Crippen MR) is 65.3 cm³/mol. The number of rotatable bonds is 2. The first-order valence-electron chi connectivity index (χ1n) is 6.00. The van der Waals surface area contributed by atoms with Crippen LogP contribution in [0.1, 0.15) is 32.6 Å². The first kappa shape index (κ1) is 11.5. The van der Waals surface area contributed by atoms with Gasteiger partial charge in [-0.05, 0) is 31.6 Å². The summed E-state index contributed by atoms with van der Waals surface area (Å²) in [6.07, 6.45) is 4.00. The predicted octanol–water partition coefficient (Wildman–Crippen LogP) is 2.18. The molecule has 3 unspecified atom stereocenters. The zero-order valence-corrected chi connectivity index (χ0v) is 10.6. The van der Waals surface area contributed by atoms with E-state index in [9.17, 15) is 4.79 Å². The number of carbonyl (C=O) groups is 1. The maximum absolute atomic E-state index is 11.5. The number of Topliss-reactive ketones (excluding diaryl/α,β-unsaturated/α-hetero) is 1. The molecule has 2 rings (SSSR count). The van der Waals surface area contributed by atoms with E-state index in [0.29, 0.717) is 23.8 Å². The Hall–Kier alpha value is -0.0200. The van der Waals surface area contributed by atoms with Gasteiger partial charge in [0.1, 0.15) is 5.78 Å². The Morgan fingerprint density at radius 1 is 1.40 bits per heavy atom. The molecule has 15 heavy (non-hydrogen) atoms. The summed E-state index contributed by atoms with van der Waals surface area (Å²) in [5.41, 5.74) is 0. The van der Waals surface area contributed by atoms with Crippen molar-refractivity contribution in [3.8, 4) is 0 Å². The smallest absolute Gasteiger partial charge is 0.134 e. The highest BCUT2D eigenvalue weighted by molar-refractivity contribution is 7.99. The molecule has 0 aromatic rings. The van der Waals surface area contributed by atoms with Crippen molar-refractivity contribution >= 4 is 17.5 Å². The fraction of sp³-hybridized carbons (Fsp3) is 0.917. The third-order valence-corrected chi connectivity index (χ3v) is 5.12. The minimum absolute atomic E-state index is 0.468. The lowest BCUT2D eigenvalue weighted by Crippen LogP contribution is -2.46. The van der Waals surface area contributed by atoms with Gasteiger partial charge in [-0.1, -0.05) is 6.92 Å². The molecule has 3 atom stereocenters. The molecule has 86 valence electrons. The maximum Gasteiger partial charge on any atom is 0.134 e. The molecule has 1 saturated heterocycles. The van der Waals surface area contributed by atoms with Crippen LogP contribution in [0, 0.1) is 5.92 Å². The van der Waals surface area contributed by atoms with Crippen LogP contribution in [0.25, 0.3) is 0 Å². The Balaban J connectivity index is 1.97. The van der Waals surface area contributed by atoms with Crippen molar-refractivity contribution in [2.24, 2.45) is 5.92 Å². The lowest BCUT2D eigenvalue weighted by Gasteiger charge is -2.38. The van der Waals surface area contributed by atoms with Crippen LogP contribution in [0.4, 0.5) is 0 Å². The summed E-state index contributed by atoms with van der Waals surface area (Å²) >= 11 is 2.05. The van der Waals surface area contributed by atoms with E-state index in [2.05, 4.69) is 18.9 Å². The Labute approximate surface area is 96.8 Å². The second-order valence-electron chi connectivity index (χ2n) is 5.01. The molecule has 0 amide bonds. The average molecular weight is 227 g/mol. The number of hydrogen-bond donors (Lipinski definition) is 0. The van der Waals surface area contributed by atoms with E-state index < -0.39 is 0 Å².